The first kappa shape index (κ1) is 57.2. The van der Waals surface area contributed by atoms with Crippen molar-refractivity contribution in [1.29, 1.82) is 10.5 Å². The van der Waals surface area contributed by atoms with E-state index in [1.54, 1.807) is 12.2 Å². The first-order chi connectivity index (χ1) is 45.3. The summed E-state index contributed by atoms with van der Waals surface area (Å²) in [7, 11) is 0. The second kappa shape index (κ2) is 24.3. The monoisotopic (exact) mass is 1180 g/mol. The average Bonchev–Trinajstić information content (AvgIpc) is 0.862. The summed E-state index contributed by atoms with van der Waals surface area (Å²) < 4.78 is 0. The SMILES string of the molecule is [C-]#[N+]/C(C#N)=C\c1ccc2c3ccc(N(c4ccc(C)cc4)c4ccc(C)cc4)c4cccc(c5cccc1c52)c43.[C-]#[N+]/C(C#N)=C\c1ccc2c3ccc(N(c4ccc(C5CCCCC5)cc4)c4ccc(C5CCCCC5)cc4)c4cccc(c5cccc1c52)c43. The van der Waals surface area contributed by atoms with Gasteiger partial charge in [0.05, 0.1) is 36.7 Å². The van der Waals surface area contributed by atoms with E-state index in [-0.39, 0.29) is 11.4 Å². The summed E-state index contributed by atoms with van der Waals surface area (Å²) in [5.74, 6) is 1.34. The Hall–Kier alpha value is -11.3. The highest BCUT2D eigenvalue weighted by atomic mass is 15.1. The van der Waals surface area contributed by atoms with Crippen LogP contribution < -0.4 is 9.80 Å². The van der Waals surface area contributed by atoms with Gasteiger partial charge in [-0.05, 0) is 222 Å². The molecule has 0 aliphatic heterocycles. The summed E-state index contributed by atoms with van der Waals surface area (Å²) in [6.45, 7) is 19.0. The van der Waals surface area contributed by atoms with Crippen LogP contribution in [0.3, 0.4) is 0 Å². The van der Waals surface area contributed by atoms with E-state index in [0.29, 0.717) is 11.8 Å². The zero-order chi connectivity index (χ0) is 62.4. The minimum atomic E-state index is 0.0842. The normalized spacial score (nSPS) is 14.2. The molecule has 14 aromatic rings. The highest BCUT2D eigenvalue weighted by Gasteiger charge is 2.25. The molecule has 0 radical (unpaired) electrons. The van der Waals surface area contributed by atoms with E-state index in [4.69, 9.17) is 13.1 Å². The molecule has 0 unspecified atom stereocenters. The van der Waals surface area contributed by atoms with Gasteiger partial charge >= 0.3 is 0 Å². The highest BCUT2D eigenvalue weighted by molar-refractivity contribution is 6.36. The molecular weight excluding hydrogens is 1120 g/mol. The van der Waals surface area contributed by atoms with Crippen LogP contribution in [0.2, 0.25) is 0 Å². The van der Waals surface area contributed by atoms with Gasteiger partial charge < -0.3 is 9.80 Å². The molecule has 440 valence electrons. The number of hydrogen-bond acceptors (Lipinski definition) is 4. The van der Waals surface area contributed by atoms with Crippen molar-refractivity contribution in [3.8, 4) is 12.1 Å². The van der Waals surface area contributed by atoms with Crippen molar-refractivity contribution in [3.05, 3.63) is 286 Å². The number of fused-ring (bicyclic) bond motifs is 4. The summed E-state index contributed by atoms with van der Waals surface area (Å²) in [4.78, 5) is 11.6. The van der Waals surface area contributed by atoms with Gasteiger partial charge in [0.2, 0.25) is 0 Å². The van der Waals surface area contributed by atoms with E-state index < -0.39 is 0 Å². The van der Waals surface area contributed by atoms with Gasteiger partial charge in [-0.25, -0.2) is 20.2 Å². The summed E-state index contributed by atoms with van der Waals surface area (Å²) >= 11 is 0. The molecule has 0 heterocycles. The number of allylic oxidation sites excluding steroid dienone is 2. The number of anilines is 6. The molecule has 2 aliphatic carbocycles. The van der Waals surface area contributed by atoms with Crippen molar-refractivity contribution in [2.75, 3.05) is 9.80 Å². The van der Waals surface area contributed by atoms with Crippen LogP contribution in [0.4, 0.5) is 34.1 Å². The molecular formula is C86H66N6. The smallest absolute Gasteiger partial charge is 0.262 e. The maximum Gasteiger partial charge on any atom is 0.262 e. The topological polar surface area (TPSA) is 62.8 Å². The zero-order valence-corrected chi connectivity index (χ0v) is 51.8. The fourth-order valence-electron chi connectivity index (χ4n) is 15.5. The number of nitrogens with zero attached hydrogens (tertiary/aromatic N) is 6. The number of rotatable bonds is 10. The minimum Gasteiger partial charge on any atom is -0.310 e. The van der Waals surface area contributed by atoms with E-state index in [0.717, 1.165) is 44.3 Å². The van der Waals surface area contributed by atoms with Gasteiger partial charge in [-0.2, -0.15) is 0 Å². The average molecular weight is 1180 g/mol. The van der Waals surface area contributed by atoms with Gasteiger partial charge in [0.25, 0.3) is 11.4 Å². The van der Waals surface area contributed by atoms with E-state index in [9.17, 15) is 10.5 Å². The summed E-state index contributed by atoms with van der Waals surface area (Å²) in [5.41, 5.74) is 14.3. The molecule has 92 heavy (non-hydrogen) atoms. The molecule has 6 nitrogen and oxygen atoms in total. The van der Waals surface area contributed by atoms with Gasteiger partial charge in [-0.15, -0.1) is 0 Å². The lowest BCUT2D eigenvalue weighted by molar-refractivity contribution is 0.443. The Morgan fingerprint density at radius 1 is 0.348 bits per heavy atom. The largest absolute Gasteiger partial charge is 0.310 e. The molecule has 2 fully saturated rings. The molecule has 0 amide bonds. The van der Waals surface area contributed by atoms with Crippen molar-refractivity contribution in [2.24, 2.45) is 0 Å². The van der Waals surface area contributed by atoms with Gasteiger partial charge in [-0.1, -0.05) is 207 Å². The molecule has 6 heteroatoms. The molecule has 0 bridgehead atoms. The fourth-order valence-corrected chi connectivity index (χ4v) is 15.5. The van der Waals surface area contributed by atoms with Crippen LogP contribution in [0.15, 0.2) is 230 Å². The predicted octanol–water partition coefficient (Wildman–Crippen LogP) is 24.7. The lowest BCUT2D eigenvalue weighted by Gasteiger charge is -2.29. The van der Waals surface area contributed by atoms with Crippen LogP contribution in [0.1, 0.15) is 109 Å². The highest BCUT2D eigenvalue weighted by Crippen LogP contribution is 2.50. The third-order valence-electron chi connectivity index (χ3n) is 19.9. The number of aryl methyl sites for hydroxylation is 2. The van der Waals surface area contributed by atoms with Gasteiger partial charge in [0.15, 0.2) is 0 Å². The van der Waals surface area contributed by atoms with Crippen LogP contribution in [-0.4, -0.2) is 0 Å². The van der Waals surface area contributed by atoms with Crippen molar-refractivity contribution >= 4 is 132 Å². The van der Waals surface area contributed by atoms with Crippen LogP contribution in [0, 0.1) is 49.7 Å². The Morgan fingerprint density at radius 2 is 0.630 bits per heavy atom. The molecule has 0 aromatic heterocycles. The van der Waals surface area contributed by atoms with Gasteiger partial charge in [-0.3, -0.25) is 0 Å². The Morgan fingerprint density at radius 3 is 0.957 bits per heavy atom. The maximum absolute atomic E-state index is 9.50. The quantitative estimate of drug-likeness (QED) is 0.0592. The second-order valence-electron chi connectivity index (χ2n) is 25.3. The predicted molar refractivity (Wildman–Crippen MR) is 386 cm³/mol. The zero-order valence-electron chi connectivity index (χ0n) is 51.8. The van der Waals surface area contributed by atoms with Crippen molar-refractivity contribution in [1.82, 2.24) is 0 Å². The number of benzene rings is 14. The summed E-state index contributed by atoms with van der Waals surface area (Å²) in [6.07, 6.45) is 16.7. The van der Waals surface area contributed by atoms with Gasteiger partial charge in [0, 0.05) is 33.5 Å². The minimum absolute atomic E-state index is 0.0842. The molecule has 14 aromatic carbocycles. The molecule has 16 rings (SSSR count). The van der Waals surface area contributed by atoms with E-state index in [2.05, 4.69) is 246 Å². The van der Waals surface area contributed by atoms with Crippen LogP contribution >= 0.6 is 0 Å². The Labute approximate surface area is 537 Å². The van der Waals surface area contributed by atoms with E-state index in [1.807, 2.05) is 18.2 Å². The fraction of sp³-hybridized carbons (Fsp3) is 0.163. The molecule has 0 saturated heterocycles. The molecule has 0 N–H and O–H groups in total. The first-order valence-corrected chi connectivity index (χ1v) is 32.5. The van der Waals surface area contributed by atoms with Crippen LogP contribution in [-0.2, 0) is 0 Å². The van der Waals surface area contributed by atoms with E-state index >= 15 is 0 Å². The maximum atomic E-state index is 9.50. The lowest BCUT2D eigenvalue weighted by atomic mass is 9.84. The van der Waals surface area contributed by atoms with Crippen LogP contribution in [0.5, 0.6) is 0 Å². The molecule has 2 saturated carbocycles. The summed E-state index contributed by atoms with van der Waals surface area (Å²) in [5, 5.41) is 37.8. The van der Waals surface area contributed by atoms with Gasteiger partial charge in [0.1, 0.15) is 0 Å². The van der Waals surface area contributed by atoms with E-state index in [1.165, 1.54) is 174 Å². The molecule has 2 aliphatic rings. The number of nitriles is 2. The third kappa shape index (κ3) is 10.1. The number of hydrogen-bond donors (Lipinski definition) is 0. The summed E-state index contributed by atoms with van der Waals surface area (Å²) in [6, 6.07) is 84.0. The first-order valence-electron chi connectivity index (χ1n) is 32.5. The van der Waals surface area contributed by atoms with Crippen molar-refractivity contribution in [3.63, 3.8) is 0 Å². The third-order valence-corrected chi connectivity index (χ3v) is 19.9. The van der Waals surface area contributed by atoms with Crippen molar-refractivity contribution in [2.45, 2.75) is 89.9 Å². The molecule has 0 atom stereocenters. The second-order valence-corrected chi connectivity index (χ2v) is 25.3. The Balaban J connectivity index is 0.000000156. The van der Waals surface area contributed by atoms with Crippen molar-refractivity contribution < 1.29 is 0 Å². The Kier molecular flexibility index (Phi) is 15.1. The standard InChI is InChI=1S/C48H41N3.C38H25N3/c1-50-37(31-49)30-36-22-27-43-44-28-29-46(45-17-9-16-42(48(44)45)41-15-8-14-40(36)47(41)43)51(38-23-18-34(19-24-38)32-10-4-2-5-11-32)39-25-20-35(21-26-39)33-12-6-3-7-13-33;1-24-10-15-28(16-11-24)41(29-17-12-25(2)13-18-29)36-21-20-34-33-19-14-26(22-27(23-39)40-3)30-6-4-7-31(37(30)33)32-8-5-9-35(36)38(32)34/h8-9,14-30,32-33H,2-7,10-13H2;4-22H,1-2H3/b37-30-;27-22-. The lowest BCUT2D eigenvalue weighted by Crippen LogP contribution is -2.12. The van der Waals surface area contributed by atoms with Crippen LogP contribution in [0.25, 0.3) is 108 Å². The Bertz CT molecular complexity index is 5220. The molecule has 0 spiro atoms.